The van der Waals surface area contributed by atoms with Crippen molar-refractivity contribution in [3.63, 3.8) is 0 Å². The first-order valence-corrected chi connectivity index (χ1v) is 9.40. The summed E-state index contributed by atoms with van der Waals surface area (Å²) in [6.45, 7) is 21.7. The Labute approximate surface area is 167 Å². The first-order valence-electron chi connectivity index (χ1n) is 9.40. The summed E-state index contributed by atoms with van der Waals surface area (Å²) >= 11 is 0. The third kappa shape index (κ3) is 9.42. The third-order valence-electron chi connectivity index (χ3n) is 4.36. The standard InChI is InChI=1S/C18H39N5.HI/c1-7-19-17(20-11-12-21-18(4,5)6)23-13-10-16(15-23)14-22(8-2)9-3;/h16,21H,7-15H2,1-6H3,(H,19,20);1H. The van der Waals surface area contributed by atoms with Crippen molar-refractivity contribution in [2.24, 2.45) is 10.9 Å². The molecule has 1 aliphatic heterocycles. The lowest BCUT2D eigenvalue weighted by Gasteiger charge is -2.25. The van der Waals surface area contributed by atoms with Crippen molar-refractivity contribution >= 4 is 29.9 Å². The summed E-state index contributed by atoms with van der Waals surface area (Å²) in [5, 5.41) is 6.96. The number of aliphatic imine (C=N–C) groups is 1. The summed E-state index contributed by atoms with van der Waals surface area (Å²) in [5.41, 5.74) is 0.163. The van der Waals surface area contributed by atoms with Crippen LogP contribution in [0, 0.1) is 5.92 Å². The topological polar surface area (TPSA) is 42.9 Å². The van der Waals surface area contributed by atoms with Crippen LogP contribution in [0.1, 0.15) is 48.0 Å². The van der Waals surface area contributed by atoms with E-state index >= 15 is 0 Å². The average molecular weight is 453 g/mol. The van der Waals surface area contributed by atoms with Gasteiger partial charge in [-0.1, -0.05) is 13.8 Å². The van der Waals surface area contributed by atoms with Crippen LogP contribution in [-0.4, -0.2) is 73.7 Å². The van der Waals surface area contributed by atoms with Crippen molar-refractivity contribution in [2.45, 2.75) is 53.5 Å². The van der Waals surface area contributed by atoms with Gasteiger partial charge in [0.25, 0.3) is 0 Å². The highest BCUT2D eigenvalue weighted by molar-refractivity contribution is 14.0. The largest absolute Gasteiger partial charge is 0.357 e. The monoisotopic (exact) mass is 453 g/mol. The summed E-state index contributed by atoms with van der Waals surface area (Å²) in [6.07, 6.45) is 1.28. The zero-order valence-electron chi connectivity index (χ0n) is 16.7. The Morgan fingerprint density at radius 2 is 1.88 bits per heavy atom. The second-order valence-corrected chi connectivity index (χ2v) is 7.50. The van der Waals surface area contributed by atoms with Gasteiger partial charge in [-0.15, -0.1) is 24.0 Å². The van der Waals surface area contributed by atoms with Crippen molar-refractivity contribution in [1.82, 2.24) is 20.4 Å². The molecule has 144 valence electrons. The summed E-state index contributed by atoms with van der Waals surface area (Å²) in [4.78, 5) is 9.78. The highest BCUT2D eigenvalue weighted by Crippen LogP contribution is 2.17. The second kappa shape index (κ2) is 12.3. The first-order chi connectivity index (χ1) is 10.9. The molecule has 1 atom stereocenters. The fourth-order valence-electron chi connectivity index (χ4n) is 3.04. The van der Waals surface area contributed by atoms with Gasteiger partial charge in [0.15, 0.2) is 5.96 Å². The minimum absolute atomic E-state index is 0. The lowest BCUT2D eigenvalue weighted by molar-refractivity contribution is 0.255. The Bertz CT molecular complexity index is 350. The summed E-state index contributed by atoms with van der Waals surface area (Å²) < 4.78 is 0. The van der Waals surface area contributed by atoms with E-state index in [1.807, 2.05) is 0 Å². The average Bonchev–Trinajstić information content (AvgIpc) is 2.95. The van der Waals surface area contributed by atoms with E-state index in [-0.39, 0.29) is 29.5 Å². The van der Waals surface area contributed by atoms with Crippen LogP contribution in [0.3, 0.4) is 0 Å². The van der Waals surface area contributed by atoms with E-state index < -0.39 is 0 Å². The molecule has 1 unspecified atom stereocenters. The zero-order chi connectivity index (χ0) is 17.3. The molecule has 1 rings (SSSR count). The van der Waals surface area contributed by atoms with Gasteiger partial charge in [-0.3, -0.25) is 4.99 Å². The van der Waals surface area contributed by atoms with E-state index in [0.717, 1.165) is 57.7 Å². The molecule has 1 saturated heterocycles. The smallest absolute Gasteiger partial charge is 0.193 e. The van der Waals surface area contributed by atoms with Crippen molar-refractivity contribution in [3.8, 4) is 0 Å². The minimum atomic E-state index is 0. The molecule has 0 radical (unpaired) electrons. The first kappa shape index (κ1) is 23.9. The quantitative estimate of drug-likeness (QED) is 0.257. The van der Waals surface area contributed by atoms with E-state index in [0.29, 0.717) is 0 Å². The summed E-state index contributed by atoms with van der Waals surface area (Å²) in [7, 11) is 0. The second-order valence-electron chi connectivity index (χ2n) is 7.50. The number of hydrogen-bond donors (Lipinski definition) is 2. The molecule has 0 saturated carbocycles. The Morgan fingerprint density at radius 3 is 2.42 bits per heavy atom. The van der Waals surface area contributed by atoms with Crippen LogP contribution in [0.15, 0.2) is 4.99 Å². The Balaban J connectivity index is 0.00000529. The molecule has 0 aromatic carbocycles. The summed E-state index contributed by atoms with van der Waals surface area (Å²) in [6, 6.07) is 0. The normalized spacial score (nSPS) is 18.9. The van der Waals surface area contributed by atoms with Crippen molar-refractivity contribution < 1.29 is 0 Å². The number of guanidine groups is 1. The maximum Gasteiger partial charge on any atom is 0.193 e. The summed E-state index contributed by atoms with van der Waals surface area (Å²) in [5.74, 6) is 1.86. The minimum Gasteiger partial charge on any atom is -0.357 e. The number of likely N-dealkylation sites (tertiary alicyclic amines) is 1. The van der Waals surface area contributed by atoms with Gasteiger partial charge in [-0.2, -0.15) is 0 Å². The van der Waals surface area contributed by atoms with Crippen LogP contribution in [0.2, 0.25) is 0 Å². The highest BCUT2D eigenvalue weighted by atomic mass is 127. The molecule has 0 spiro atoms. The number of nitrogens with zero attached hydrogens (tertiary/aromatic N) is 3. The van der Waals surface area contributed by atoms with Gasteiger partial charge >= 0.3 is 0 Å². The third-order valence-corrected chi connectivity index (χ3v) is 4.36. The molecular formula is C18H40IN5. The number of halogens is 1. The van der Waals surface area contributed by atoms with E-state index in [9.17, 15) is 0 Å². The van der Waals surface area contributed by atoms with Crippen LogP contribution in [0.5, 0.6) is 0 Å². The van der Waals surface area contributed by atoms with Crippen molar-refractivity contribution in [2.75, 3.05) is 52.4 Å². The highest BCUT2D eigenvalue weighted by Gasteiger charge is 2.25. The fraction of sp³-hybridized carbons (Fsp3) is 0.944. The SMILES string of the molecule is CCNC(=NCCNC(C)(C)C)N1CCC(CN(CC)CC)C1.I. The van der Waals surface area contributed by atoms with Gasteiger partial charge < -0.3 is 20.4 Å². The molecular weight excluding hydrogens is 413 g/mol. The van der Waals surface area contributed by atoms with Gasteiger partial charge in [0, 0.05) is 38.3 Å². The molecule has 0 amide bonds. The number of hydrogen-bond acceptors (Lipinski definition) is 3. The zero-order valence-corrected chi connectivity index (χ0v) is 19.0. The van der Waals surface area contributed by atoms with E-state index in [1.54, 1.807) is 0 Å². The molecule has 0 aliphatic carbocycles. The van der Waals surface area contributed by atoms with Gasteiger partial charge in [0.2, 0.25) is 0 Å². The van der Waals surface area contributed by atoms with Gasteiger partial charge in [-0.05, 0) is 53.1 Å². The molecule has 24 heavy (non-hydrogen) atoms. The van der Waals surface area contributed by atoms with Crippen LogP contribution >= 0.6 is 24.0 Å². The Kier molecular flexibility index (Phi) is 12.3. The maximum absolute atomic E-state index is 4.81. The molecule has 6 heteroatoms. The number of nitrogens with one attached hydrogen (secondary N) is 2. The van der Waals surface area contributed by atoms with E-state index in [2.05, 4.69) is 62.0 Å². The lowest BCUT2D eigenvalue weighted by Crippen LogP contribution is -2.42. The van der Waals surface area contributed by atoms with E-state index in [1.165, 1.54) is 13.0 Å². The van der Waals surface area contributed by atoms with Gasteiger partial charge in [-0.25, -0.2) is 0 Å². The predicted octanol–water partition coefficient (Wildman–Crippen LogP) is 2.62. The maximum atomic E-state index is 4.81. The van der Waals surface area contributed by atoms with Gasteiger partial charge in [0.05, 0.1) is 6.54 Å². The number of rotatable bonds is 8. The van der Waals surface area contributed by atoms with Crippen LogP contribution in [0.4, 0.5) is 0 Å². The van der Waals surface area contributed by atoms with Crippen LogP contribution in [-0.2, 0) is 0 Å². The fourth-order valence-corrected chi connectivity index (χ4v) is 3.04. The Morgan fingerprint density at radius 1 is 1.21 bits per heavy atom. The van der Waals surface area contributed by atoms with E-state index in [4.69, 9.17) is 4.99 Å². The molecule has 1 aliphatic rings. The molecule has 0 aromatic rings. The molecule has 2 N–H and O–H groups in total. The van der Waals surface area contributed by atoms with Crippen molar-refractivity contribution in [1.29, 1.82) is 0 Å². The Hall–Kier alpha value is -0.0800. The lowest BCUT2D eigenvalue weighted by atomic mass is 10.1. The van der Waals surface area contributed by atoms with Crippen LogP contribution in [0.25, 0.3) is 0 Å². The molecule has 5 nitrogen and oxygen atoms in total. The molecule has 1 heterocycles. The van der Waals surface area contributed by atoms with Gasteiger partial charge in [0.1, 0.15) is 0 Å². The predicted molar refractivity (Wildman–Crippen MR) is 117 cm³/mol. The molecule has 0 bridgehead atoms. The molecule has 0 aromatic heterocycles. The molecule has 1 fully saturated rings. The van der Waals surface area contributed by atoms with Crippen molar-refractivity contribution in [3.05, 3.63) is 0 Å². The van der Waals surface area contributed by atoms with Crippen LogP contribution < -0.4 is 10.6 Å².